The summed E-state index contributed by atoms with van der Waals surface area (Å²) in [6, 6.07) is 10.6. The number of aryl methyl sites for hydroxylation is 2. The van der Waals surface area contributed by atoms with E-state index in [9.17, 15) is 4.79 Å². The van der Waals surface area contributed by atoms with Crippen LogP contribution in [0.4, 0.5) is 0 Å². The van der Waals surface area contributed by atoms with Gasteiger partial charge < -0.3 is 4.90 Å². The van der Waals surface area contributed by atoms with Crippen LogP contribution in [-0.2, 0) is 0 Å². The molecule has 0 spiro atoms. The van der Waals surface area contributed by atoms with Gasteiger partial charge in [0.2, 0.25) is 0 Å². The third-order valence-electron chi connectivity index (χ3n) is 6.76. The van der Waals surface area contributed by atoms with E-state index < -0.39 is 0 Å². The Morgan fingerprint density at radius 1 is 1.10 bits per heavy atom. The van der Waals surface area contributed by atoms with E-state index in [1.54, 1.807) is 11.3 Å². The summed E-state index contributed by atoms with van der Waals surface area (Å²) in [6.45, 7) is 12.1. The zero-order chi connectivity index (χ0) is 20.6. The summed E-state index contributed by atoms with van der Waals surface area (Å²) in [6.07, 6.45) is 3.45. The molecule has 2 aliphatic rings. The smallest absolute Gasteiger partial charge is 0.254 e. The van der Waals surface area contributed by atoms with Crippen molar-refractivity contribution in [1.82, 2.24) is 14.5 Å². The van der Waals surface area contributed by atoms with Crippen LogP contribution in [-0.4, -0.2) is 32.9 Å². The van der Waals surface area contributed by atoms with Crippen LogP contribution in [0, 0.1) is 24.7 Å². The Labute approximate surface area is 176 Å². The van der Waals surface area contributed by atoms with Crippen molar-refractivity contribution in [1.29, 1.82) is 0 Å². The van der Waals surface area contributed by atoms with Crippen molar-refractivity contribution in [3.63, 3.8) is 0 Å². The van der Waals surface area contributed by atoms with Crippen LogP contribution in [0.3, 0.4) is 0 Å². The molecule has 4 nitrogen and oxygen atoms in total. The molecular weight excluding hydrogens is 378 g/mol. The summed E-state index contributed by atoms with van der Waals surface area (Å²) in [5, 5.41) is 0.968. The van der Waals surface area contributed by atoms with E-state index >= 15 is 0 Å². The first-order chi connectivity index (χ1) is 13.6. The van der Waals surface area contributed by atoms with Crippen LogP contribution in [0.1, 0.15) is 61.8 Å². The molecule has 1 aromatic carbocycles. The Hall–Kier alpha value is -2.14. The molecule has 0 radical (unpaired) electrons. The molecule has 5 heteroatoms. The molecule has 1 amide bonds. The number of hydrogen-bond donors (Lipinski definition) is 0. The summed E-state index contributed by atoms with van der Waals surface area (Å²) in [7, 11) is 0. The highest BCUT2D eigenvalue weighted by atomic mass is 32.1. The maximum atomic E-state index is 13.4. The Morgan fingerprint density at radius 3 is 2.55 bits per heavy atom. The van der Waals surface area contributed by atoms with Crippen LogP contribution < -0.4 is 0 Å². The topological polar surface area (TPSA) is 38.1 Å². The highest BCUT2D eigenvalue weighted by Gasteiger charge is 2.51. The second-order valence-electron chi connectivity index (χ2n) is 10.3. The Balaban J connectivity index is 1.47. The molecule has 5 rings (SSSR count). The zero-order valence-corrected chi connectivity index (χ0v) is 18.8. The van der Waals surface area contributed by atoms with Crippen LogP contribution in [0.5, 0.6) is 0 Å². The Kier molecular flexibility index (Phi) is 4.02. The number of hydrogen-bond acceptors (Lipinski definition) is 3. The average Bonchev–Trinajstić information content (AvgIpc) is 3.26. The number of carbonyl (C=O) groups is 1. The number of amides is 1. The number of carbonyl (C=O) groups excluding carboxylic acids is 1. The van der Waals surface area contributed by atoms with E-state index in [0.29, 0.717) is 11.5 Å². The molecule has 0 N–H and O–H groups in total. The van der Waals surface area contributed by atoms with Gasteiger partial charge in [0.15, 0.2) is 5.13 Å². The van der Waals surface area contributed by atoms with Crippen LogP contribution in [0.15, 0.2) is 30.3 Å². The number of thiazole rings is 1. The van der Waals surface area contributed by atoms with E-state index in [-0.39, 0.29) is 11.3 Å². The molecule has 2 fully saturated rings. The fraction of sp³-hybridized carbons (Fsp3) is 0.500. The molecule has 2 atom stereocenters. The lowest BCUT2D eigenvalue weighted by atomic mass is 9.65. The molecule has 1 aliphatic heterocycles. The molecular formula is C24H29N3OS. The summed E-state index contributed by atoms with van der Waals surface area (Å²) < 4.78 is 3.26. The minimum Gasteiger partial charge on any atom is -0.335 e. The highest BCUT2D eigenvalue weighted by molar-refractivity contribution is 7.20. The lowest BCUT2D eigenvalue weighted by Gasteiger charge is -2.39. The van der Waals surface area contributed by atoms with Crippen LogP contribution >= 0.6 is 11.3 Å². The molecule has 1 saturated carbocycles. The van der Waals surface area contributed by atoms with Gasteiger partial charge in [-0.15, -0.1) is 0 Å². The first-order valence-corrected chi connectivity index (χ1v) is 11.3. The third kappa shape index (κ3) is 3.10. The Bertz CT molecular complexity index is 1110. The first-order valence-electron chi connectivity index (χ1n) is 10.5. The van der Waals surface area contributed by atoms with Crippen molar-refractivity contribution in [3.05, 3.63) is 47.3 Å². The summed E-state index contributed by atoms with van der Waals surface area (Å²) in [5.41, 5.74) is 4.68. The van der Waals surface area contributed by atoms with Gasteiger partial charge in [-0.25, -0.2) is 4.98 Å². The number of likely N-dealkylation sites (tertiary alicyclic amines) is 1. The van der Waals surface area contributed by atoms with Gasteiger partial charge in [-0.05, 0) is 74.3 Å². The van der Waals surface area contributed by atoms with Gasteiger partial charge in [0.25, 0.3) is 5.91 Å². The molecule has 2 bridgehead atoms. The van der Waals surface area contributed by atoms with Crippen molar-refractivity contribution in [2.24, 2.45) is 10.8 Å². The van der Waals surface area contributed by atoms with Gasteiger partial charge in [-0.3, -0.25) is 9.36 Å². The van der Waals surface area contributed by atoms with Crippen molar-refractivity contribution in [2.45, 2.75) is 59.9 Å². The van der Waals surface area contributed by atoms with Crippen LogP contribution in [0.2, 0.25) is 0 Å². The van der Waals surface area contributed by atoms with E-state index in [0.717, 1.165) is 40.3 Å². The van der Waals surface area contributed by atoms with Gasteiger partial charge in [0, 0.05) is 29.5 Å². The fourth-order valence-electron chi connectivity index (χ4n) is 5.97. The average molecular weight is 408 g/mol. The second kappa shape index (κ2) is 6.18. The maximum Gasteiger partial charge on any atom is 0.254 e. The van der Waals surface area contributed by atoms with Gasteiger partial charge in [0.1, 0.15) is 0 Å². The lowest BCUT2D eigenvalue weighted by molar-refractivity contribution is 0.0708. The summed E-state index contributed by atoms with van der Waals surface area (Å²) in [5.74, 6) is 0.182. The predicted octanol–water partition coefficient (Wildman–Crippen LogP) is 5.74. The number of fused-ring (bicyclic) bond motifs is 3. The number of aromatic nitrogens is 2. The van der Waals surface area contributed by atoms with Crippen molar-refractivity contribution in [2.75, 3.05) is 6.54 Å². The van der Waals surface area contributed by atoms with E-state index in [2.05, 4.69) is 56.2 Å². The second-order valence-corrected chi connectivity index (χ2v) is 11.3. The summed E-state index contributed by atoms with van der Waals surface area (Å²) in [4.78, 5) is 20.4. The number of nitrogens with zero attached hydrogens (tertiary/aromatic N) is 3. The molecule has 3 aromatic rings. The van der Waals surface area contributed by atoms with Gasteiger partial charge in [-0.1, -0.05) is 32.1 Å². The minimum absolute atomic E-state index is 0.182. The van der Waals surface area contributed by atoms with Gasteiger partial charge >= 0.3 is 0 Å². The third-order valence-corrected chi connectivity index (χ3v) is 7.77. The molecule has 2 aromatic heterocycles. The maximum absolute atomic E-state index is 13.4. The quantitative estimate of drug-likeness (QED) is 0.543. The zero-order valence-electron chi connectivity index (χ0n) is 18.0. The summed E-state index contributed by atoms with van der Waals surface area (Å²) >= 11 is 1.66. The Morgan fingerprint density at radius 2 is 1.83 bits per heavy atom. The monoisotopic (exact) mass is 407 g/mol. The first kappa shape index (κ1) is 18.9. The SMILES string of the molecule is Cc1ccc(C)n1-c1nc2ccc(C(=O)N3C[C@]4(C)C[C@H]3CC(C)(C)C4)cc2s1. The largest absolute Gasteiger partial charge is 0.335 e. The highest BCUT2D eigenvalue weighted by Crippen LogP contribution is 2.52. The molecule has 152 valence electrons. The van der Waals surface area contributed by atoms with E-state index in [1.807, 2.05) is 18.2 Å². The van der Waals surface area contributed by atoms with E-state index in [4.69, 9.17) is 4.98 Å². The molecule has 1 saturated heterocycles. The molecule has 1 aliphatic carbocycles. The minimum atomic E-state index is 0.182. The van der Waals surface area contributed by atoms with Crippen LogP contribution in [0.25, 0.3) is 15.3 Å². The van der Waals surface area contributed by atoms with Crippen molar-refractivity contribution in [3.8, 4) is 5.13 Å². The molecule has 3 heterocycles. The molecule has 29 heavy (non-hydrogen) atoms. The van der Waals surface area contributed by atoms with Gasteiger partial charge in [-0.2, -0.15) is 0 Å². The molecule has 0 unspecified atom stereocenters. The van der Waals surface area contributed by atoms with Crippen molar-refractivity contribution < 1.29 is 4.79 Å². The fourth-order valence-corrected chi connectivity index (χ4v) is 7.10. The van der Waals surface area contributed by atoms with Crippen molar-refractivity contribution >= 4 is 27.5 Å². The normalized spacial score (nSPS) is 25.7. The standard InChI is InChI=1S/C24H29N3OS/c1-15-6-7-16(2)27(15)22-25-19-9-8-17(10-20(19)29-22)21(28)26-14-24(5)12-18(26)11-23(3,4)13-24/h6-10,18H,11-14H2,1-5H3/t18-,24-/m1/s1. The predicted molar refractivity (Wildman–Crippen MR) is 119 cm³/mol. The van der Waals surface area contributed by atoms with E-state index in [1.165, 1.54) is 17.8 Å². The lowest BCUT2D eigenvalue weighted by Crippen LogP contribution is -2.37. The van der Waals surface area contributed by atoms with Gasteiger partial charge in [0.05, 0.1) is 10.2 Å². The number of rotatable bonds is 2. The number of benzene rings is 1.